The van der Waals surface area contributed by atoms with Crippen LogP contribution in [0.25, 0.3) is 0 Å². The molecule has 1 aromatic heterocycles. The molecular formula is C13H13BrClN3O. The highest BCUT2D eigenvalue weighted by Gasteiger charge is 2.05. The molecule has 0 radical (unpaired) electrons. The Morgan fingerprint density at radius 3 is 2.79 bits per heavy atom. The number of ether oxygens (including phenoxy) is 1. The summed E-state index contributed by atoms with van der Waals surface area (Å²) in [6.45, 7) is 1.98. The molecule has 0 amide bonds. The van der Waals surface area contributed by atoms with E-state index >= 15 is 0 Å². The van der Waals surface area contributed by atoms with Crippen LogP contribution in [0, 0.1) is 0 Å². The van der Waals surface area contributed by atoms with Gasteiger partial charge in [0.05, 0.1) is 11.6 Å². The van der Waals surface area contributed by atoms with Gasteiger partial charge in [0, 0.05) is 24.2 Å². The predicted molar refractivity (Wildman–Crippen MR) is 80.4 cm³/mol. The van der Waals surface area contributed by atoms with Crippen molar-refractivity contribution >= 4 is 39.0 Å². The summed E-state index contributed by atoms with van der Waals surface area (Å²) >= 11 is 9.37. The topological polar surface area (TPSA) is 47.0 Å². The third-order valence-corrected chi connectivity index (χ3v) is 3.33. The van der Waals surface area contributed by atoms with Crippen molar-refractivity contribution in [3.05, 3.63) is 39.7 Å². The molecule has 0 bridgehead atoms. The Morgan fingerprint density at radius 2 is 2.11 bits per heavy atom. The lowest BCUT2D eigenvalue weighted by molar-refractivity contribution is 0.412. The molecule has 4 nitrogen and oxygen atoms in total. The first-order valence-corrected chi connectivity index (χ1v) is 6.93. The molecule has 2 rings (SSSR count). The largest absolute Gasteiger partial charge is 0.495 e. The summed E-state index contributed by atoms with van der Waals surface area (Å²) in [5.74, 6) is 2.13. The molecule has 0 spiro atoms. The molecule has 19 heavy (non-hydrogen) atoms. The Balaban J connectivity index is 2.28. The fraction of sp³-hybridized carbons (Fsp3) is 0.231. The smallest absolute Gasteiger partial charge is 0.135 e. The van der Waals surface area contributed by atoms with Crippen LogP contribution < -0.4 is 10.1 Å². The number of anilines is 2. The van der Waals surface area contributed by atoms with Gasteiger partial charge in [-0.3, -0.25) is 0 Å². The highest BCUT2D eigenvalue weighted by atomic mass is 79.9. The van der Waals surface area contributed by atoms with E-state index in [1.165, 1.54) is 0 Å². The van der Waals surface area contributed by atoms with E-state index in [1.807, 2.05) is 25.1 Å². The van der Waals surface area contributed by atoms with E-state index in [1.54, 1.807) is 13.2 Å². The molecule has 0 unspecified atom stereocenters. The predicted octanol–water partition coefficient (Wildman–Crippen LogP) is 4.21. The summed E-state index contributed by atoms with van der Waals surface area (Å²) in [6, 6.07) is 7.40. The highest BCUT2D eigenvalue weighted by Crippen LogP contribution is 2.29. The van der Waals surface area contributed by atoms with Crippen LogP contribution >= 0.6 is 27.5 Å². The SMILES string of the molecule is CCc1nc(Cl)cc(Nc2ccc(Br)c(OC)c2)n1. The molecule has 2 aromatic rings. The molecular weight excluding hydrogens is 330 g/mol. The third-order valence-electron chi connectivity index (χ3n) is 2.48. The third kappa shape index (κ3) is 3.58. The molecule has 100 valence electrons. The van der Waals surface area contributed by atoms with Gasteiger partial charge < -0.3 is 10.1 Å². The van der Waals surface area contributed by atoms with Gasteiger partial charge in [0.25, 0.3) is 0 Å². The molecule has 0 fully saturated rings. The van der Waals surface area contributed by atoms with Crippen molar-refractivity contribution in [2.45, 2.75) is 13.3 Å². The molecule has 0 saturated heterocycles. The number of rotatable bonds is 4. The van der Waals surface area contributed by atoms with Crippen LogP contribution in [-0.4, -0.2) is 17.1 Å². The monoisotopic (exact) mass is 341 g/mol. The number of hydrogen-bond donors (Lipinski definition) is 1. The van der Waals surface area contributed by atoms with E-state index < -0.39 is 0 Å². The summed E-state index contributed by atoms with van der Waals surface area (Å²) in [5.41, 5.74) is 0.872. The summed E-state index contributed by atoms with van der Waals surface area (Å²) in [7, 11) is 1.63. The molecule has 0 aliphatic carbocycles. The van der Waals surface area contributed by atoms with E-state index in [9.17, 15) is 0 Å². The quantitative estimate of drug-likeness (QED) is 0.846. The van der Waals surface area contributed by atoms with Crippen LogP contribution in [0.5, 0.6) is 5.75 Å². The summed E-state index contributed by atoms with van der Waals surface area (Å²) in [5, 5.41) is 3.61. The maximum atomic E-state index is 5.96. The first-order valence-electron chi connectivity index (χ1n) is 5.76. The summed E-state index contributed by atoms with van der Waals surface area (Å²) in [6.07, 6.45) is 0.735. The number of nitrogens with zero attached hydrogens (tertiary/aromatic N) is 2. The summed E-state index contributed by atoms with van der Waals surface area (Å²) in [4.78, 5) is 8.49. The Bertz CT molecular complexity index is 592. The fourth-order valence-electron chi connectivity index (χ4n) is 1.57. The standard InChI is InChI=1S/C13H13BrClN3O/c1-3-12-17-11(15)7-13(18-12)16-8-4-5-9(14)10(6-8)19-2/h4-7H,3H2,1-2H3,(H,16,17,18). The van der Waals surface area contributed by atoms with E-state index in [2.05, 4.69) is 31.2 Å². The molecule has 0 aliphatic heterocycles. The van der Waals surface area contributed by atoms with Crippen LogP contribution in [0.15, 0.2) is 28.7 Å². The van der Waals surface area contributed by atoms with Gasteiger partial charge in [-0.2, -0.15) is 0 Å². The minimum Gasteiger partial charge on any atom is -0.495 e. The Labute approximate surface area is 125 Å². The maximum absolute atomic E-state index is 5.96. The zero-order valence-corrected chi connectivity index (χ0v) is 12.9. The second-order valence-corrected chi connectivity index (χ2v) is 5.06. The number of benzene rings is 1. The normalized spacial score (nSPS) is 10.3. The molecule has 6 heteroatoms. The van der Waals surface area contributed by atoms with Crippen molar-refractivity contribution in [1.29, 1.82) is 0 Å². The molecule has 1 heterocycles. The zero-order valence-electron chi connectivity index (χ0n) is 10.6. The Kier molecular flexibility index (Phi) is 4.61. The molecule has 0 atom stereocenters. The van der Waals surface area contributed by atoms with Crippen molar-refractivity contribution in [3.8, 4) is 5.75 Å². The number of aromatic nitrogens is 2. The number of methoxy groups -OCH3 is 1. The van der Waals surface area contributed by atoms with Crippen molar-refractivity contribution in [1.82, 2.24) is 9.97 Å². The van der Waals surface area contributed by atoms with Crippen LogP contribution in [0.4, 0.5) is 11.5 Å². The van der Waals surface area contributed by atoms with Gasteiger partial charge in [-0.15, -0.1) is 0 Å². The first kappa shape index (κ1) is 14.1. The lowest BCUT2D eigenvalue weighted by Crippen LogP contribution is -1.99. The van der Waals surface area contributed by atoms with Crippen molar-refractivity contribution < 1.29 is 4.74 Å². The van der Waals surface area contributed by atoms with Gasteiger partial charge in [-0.05, 0) is 28.1 Å². The second-order valence-electron chi connectivity index (χ2n) is 3.82. The Morgan fingerprint density at radius 1 is 1.32 bits per heavy atom. The molecule has 0 aliphatic rings. The molecule has 1 aromatic carbocycles. The second kappa shape index (κ2) is 6.21. The minimum absolute atomic E-state index is 0.429. The van der Waals surface area contributed by atoms with Gasteiger partial charge in [0.15, 0.2) is 0 Å². The van der Waals surface area contributed by atoms with Crippen molar-refractivity contribution in [2.75, 3.05) is 12.4 Å². The minimum atomic E-state index is 0.429. The Hall–Kier alpha value is -1.33. The lowest BCUT2D eigenvalue weighted by atomic mass is 10.3. The highest BCUT2D eigenvalue weighted by molar-refractivity contribution is 9.10. The molecule has 1 N–H and O–H groups in total. The van der Waals surface area contributed by atoms with Gasteiger partial charge in [-0.1, -0.05) is 18.5 Å². The average Bonchev–Trinajstić information content (AvgIpc) is 2.40. The van der Waals surface area contributed by atoms with E-state index in [4.69, 9.17) is 16.3 Å². The number of aryl methyl sites for hydroxylation is 1. The van der Waals surface area contributed by atoms with Crippen LogP contribution in [-0.2, 0) is 6.42 Å². The maximum Gasteiger partial charge on any atom is 0.135 e. The molecule has 0 saturated carbocycles. The van der Waals surface area contributed by atoms with Gasteiger partial charge in [0.1, 0.15) is 22.5 Å². The average molecular weight is 343 g/mol. The first-order chi connectivity index (χ1) is 9.12. The van der Waals surface area contributed by atoms with E-state index in [0.29, 0.717) is 16.8 Å². The lowest BCUT2D eigenvalue weighted by Gasteiger charge is -2.09. The fourth-order valence-corrected chi connectivity index (χ4v) is 2.18. The van der Waals surface area contributed by atoms with Crippen molar-refractivity contribution in [2.24, 2.45) is 0 Å². The zero-order chi connectivity index (χ0) is 13.8. The summed E-state index contributed by atoms with van der Waals surface area (Å²) < 4.78 is 6.14. The van der Waals surface area contributed by atoms with Gasteiger partial charge in [0.2, 0.25) is 0 Å². The van der Waals surface area contributed by atoms with Gasteiger partial charge in [-0.25, -0.2) is 9.97 Å². The number of nitrogens with one attached hydrogen (secondary N) is 1. The number of hydrogen-bond acceptors (Lipinski definition) is 4. The number of halogens is 2. The van der Waals surface area contributed by atoms with Crippen LogP contribution in [0.2, 0.25) is 5.15 Å². The van der Waals surface area contributed by atoms with Crippen LogP contribution in [0.3, 0.4) is 0 Å². The van der Waals surface area contributed by atoms with E-state index in [-0.39, 0.29) is 0 Å². The van der Waals surface area contributed by atoms with E-state index in [0.717, 1.165) is 22.3 Å². The van der Waals surface area contributed by atoms with Gasteiger partial charge >= 0.3 is 0 Å². The van der Waals surface area contributed by atoms with Crippen molar-refractivity contribution in [3.63, 3.8) is 0 Å². The van der Waals surface area contributed by atoms with Crippen LogP contribution in [0.1, 0.15) is 12.7 Å².